The van der Waals surface area contributed by atoms with Crippen LogP contribution in [0.1, 0.15) is 58.8 Å². The van der Waals surface area contributed by atoms with E-state index in [1.54, 1.807) is 0 Å². The van der Waals surface area contributed by atoms with Crippen LogP contribution >= 0.6 is 0 Å². The van der Waals surface area contributed by atoms with Gasteiger partial charge >= 0.3 is 0 Å². The number of nitrogens with zero attached hydrogens (tertiary/aromatic N) is 1. The van der Waals surface area contributed by atoms with Crippen LogP contribution in [-0.2, 0) is 4.79 Å². The molecule has 0 spiro atoms. The molecule has 1 atom stereocenters. The number of piperidine rings is 1. The molecule has 0 bridgehead atoms. The summed E-state index contributed by atoms with van der Waals surface area (Å²) < 4.78 is 0. The highest BCUT2D eigenvalue weighted by Crippen LogP contribution is 2.35. The lowest BCUT2D eigenvalue weighted by Crippen LogP contribution is -2.45. The third-order valence-electron chi connectivity index (χ3n) is 4.01. The molecule has 1 aliphatic heterocycles. The van der Waals surface area contributed by atoms with Crippen molar-refractivity contribution in [2.75, 3.05) is 6.54 Å². The van der Waals surface area contributed by atoms with Crippen LogP contribution in [0.3, 0.4) is 0 Å². The van der Waals surface area contributed by atoms with Gasteiger partial charge in [0.05, 0.1) is 0 Å². The molecule has 0 aromatic heterocycles. The fourth-order valence-corrected chi connectivity index (χ4v) is 2.76. The van der Waals surface area contributed by atoms with Crippen LogP contribution in [0.25, 0.3) is 0 Å². The van der Waals surface area contributed by atoms with Gasteiger partial charge in [0.15, 0.2) is 0 Å². The van der Waals surface area contributed by atoms with Crippen molar-refractivity contribution in [3.63, 3.8) is 0 Å². The second kappa shape index (κ2) is 5.20. The molecule has 1 aliphatic carbocycles. The molecule has 0 radical (unpaired) electrons. The van der Waals surface area contributed by atoms with E-state index in [0.29, 0.717) is 11.9 Å². The minimum atomic E-state index is 0.168. The van der Waals surface area contributed by atoms with Gasteiger partial charge < -0.3 is 4.90 Å². The van der Waals surface area contributed by atoms with Gasteiger partial charge in [0.1, 0.15) is 0 Å². The molecular formula is C14H25NO. The Labute approximate surface area is 99.4 Å². The third kappa shape index (κ3) is 2.99. The Morgan fingerprint density at radius 2 is 1.94 bits per heavy atom. The Hall–Kier alpha value is -0.530. The molecule has 2 aliphatic rings. The van der Waals surface area contributed by atoms with Crippen molar-refractivity contribution in [1.82, 2.24) is 4.90 Å². The highest BCUT2D eigenvalue weighted by atomic mass is 16.2. The molecule has 2 rings (SSSR count). The smallest absolute Gasteiger partial charge is 0.225 e. The normalized spacial score (nSPS) is 26.2. The van der Waals surface area contributed by atoms with E-state index in [1.807, 2.05) is 13.8 Å². The number of carbonyl (C=O) groups is 1. The number of likely N-dealkylation sites (tertiary alicyclic amines) is 1. The van der Waals surface area contributed by atoms with Gasteiger partial charge in [0.25, 0.3) is 0 Å². The van der Waals surface area contributed by atoms with Crippen LogP contribution in [0.5, 0.6) is 0 Å². The Bertz CT molecular complexity index is 245. The molecule has 1 heterocycles. The maximum absolute atomic E-state index is 12.1. The van der Waals surface area contributed by atoms with Crippen molar-refractivity contribution in [2.45, 2.75) is 64.8 Å². The molecule has 2 nitrogen and oxygen atoms in total. The second-order valence-electron chi connectivity index (χ2n) is 5.86. The molecule has 0 N–H and O–H groups in total. The molecule has 1 amide bonds. The van der Waals surface area contributed by atoms with E-state index in [1.165, 1.54) is 44.9 Å². The van der Waals surface area contributed by atoms with Gasteiger partial charge in [0, 0.05) is 18.5 Å². The first-order chi connectivity index (χ1) is 7.68. The summed E-state index contributed by atoms with van der Waals surface area (Å²) in [5, 5.41) is 0. The molecular weight excluding hydrogens is 198 g/mol. The van der Waals surface area contributed by atoms with Crippen molar-refractivity contribution in [1.29, 1.82) is 0 Å². The molecule has 92 valence electrons. The minimum absolute atomic E-state index is 0.168. The Kier molecular flexibility index (Phi) is 3.88. The van der Waals surface area contributed by atoms with E-state index < -0.39 is 0 Å². The zero-order valence-corrected chi connectivity index (χ0v) is 10.7. The largest absolute Gasteiger partial charge is 0.339 e. The maximum Gasteiger partial charge on any atom is 0.225 e. The van der Waals surface area contributed by atoms with Crippen LogP contribution in [-0.4, -0.2) is 23.4 Å². The minimum Gasteiger partial charge on any atom is -0.339 e. The van der Waals surface area contributed by atoms with Gasteiger partial charge in [-0.1, -0.05) is 26.7 Å². The SMILES string of the molecule is CC(C)C(=O)N1CCCCC1CCC1CC1. The number of amides is 1. The summed E-state index contributed by atoms with van der Waals surface area (Å²) in [5.74, 6) is 1.54. The van der Waals surface area contributed by atoms with Gasteiger partial charge in [-0.3, -0.25) is 4.79 Å². The van der Waals surface area contributed by atoms with Crippen LogP contribution in [0, 0.1) is 11.8 Å². The molecule has 0 aromatic rings. The topological polar surface area (TPSA) is 20.3 Å². The van der Waals surface area contributed by atoms with Crippen molar-refractivity contribution >= 4 is 5.91 Å². The fraction of sp³-hybridized carbons (Fsp3) is 0.929. The standard InChI is InChI=1S/C14H25NO/c1-11(2)14(16)15-10-4-3-5-13(15)9-8-12-6-7-12/h11-13H,3-10H2,1-2H3. The van der Waals surface area contributed by atoms with E-state index in [0.717, 1.165) is 12.5 Å². The third-order valence-corrected chi connectivity index (χ3v) is 4.01. The Morgan fingerprint density at radius 3 is 2.56 bits per heavy atom. The van der Waals surface area contributed by atoms with Crippen molar-refractivity contribution in [3.05, 3.63) is 0 Å². The van der Waals surface area contributed by atoms with E-state index in [2.05, 4.69) is 4.90 Å². The van der Waals surface area contributed by atoms with Gasteiger partial charge in [-0.25, -0.2) is 0 Å². The van der Waals surface area contributed by atoms with Gasteiger partial charge in [-0.05, 0) is 38.0 Å². The monoisotopic (exact) mass is 223 g/mol. The lowest BCUT2D eigenvalue weighted by atomic mass is 9.95. The number of carbonyl (C=O) groups excluding carboxylic acids is 1. The predicted molar refractivity (Wildman–Crippen MR) is 66.1 cm³/mol. The number of hydrogen-bond donors (Lipinski definition) is 0. The molecule has 1 unspecified atom stereocenters. The Morgan fingerprint density at radius 1 is 1.19 bits per heavy atom. The van der Waals surface area contributed by atoms with Crippen LogP contribution < -0.4 is 0 Å². The van der Waals surface area contributed by atoms with Crippen LogP contribution in [0.15, 0.2) is 0 Å². The first-order valence-electron chi connectivity index (χ1n) is 6.99. The lowest BCUT2D eigenvalue weighted by Gasteiger charge is -2.37. The summed E-state index contributed by atoms with van der Waals surface area (Å²) in [7, 11) is 0. The van der Waals surface area contributed by atoms with E-state index in [-0.39, 0.29) is 5.92 Å². The zero-order chi connectivity index (χ0) is 11.5. The van der Waals surface area contributed by atoms with Gasteiger partial charge in [0.2, 0.25) is 5.91 Å². The average molecular weight is 223 g/mol. The first kappa shape index (κ1) is 11.9. The average Bonchev–Trinajstić information content (AvgIpc) is 3.09. The summed E-state index contributed by atoms with van der Waals surface area (Å²) in [5.41, 5.74) is 0. The summed E-state index contributed by atoms with van der Waals surface area (Å²) in [6, 6.07) is 0.559. The van der Waals surface area contributed by atoms with Crippen LogP contribution in [0.4, 0.5) is 0 Å². The number of rotatable bonds is 4. The second-order valence-corrected chi connectivity index (χ2v) is 5.86. The predicted octanol–water partition coefficient (Wildman–Crippen LogP) is 3.21. The van der Waals surface area contributed by atoms with E-state index in [9.17, 15) is 4.79 Å². The quantitative estimate of drug-likeness (QED) is 0.716. The zero-order valence-electron chi connectivity index (χ0n) is 10.7. The summed E-state index contributed by atoms with van der Waals surface area (Å²) in [4.78, 5) is 14.3. The highest BCUT2D eigenvalue weighted by Gasteiger charge is 2.30. The molecule has 1 saturated heterocycles. The molecule has 16 heavy (non-hydrogen) atoms. The van der Waals surface area contributed by atoms with Crippen LogP contribution in [0.2, 0.25) is 0 Å². The highest BCUT2D eigenvalue weighted by molar-refractivity contribution is 5.78. The molecule has 2 fully saturated rings. The lowest BCUT2D eigenvalue weighted by molar-refractivity contribution is -0.138. The molecule has 2 heteroatoms. The van der Waals surface area contributed by atoms with E-state index in [4.69, 9.17) is 0 Å². The van der Waals surface area contributed by atoms with Gasteiger partial charge in [-0.2, -0.15) is 0 Å². The molecule has 0 aromatic carbocycles. The van der Waals surface area contributed by atoms with Gasteiger partial charge in [-0.15, -0.1) is 0 Å². The fourth-order valence-electron chi connectivity index (χ4n) is 2.76. The number of hydrogen-bond acceptors (Lipinski definition) is 1. The van der Waals surface area contributed by atoms with Crippen molar-refractivity contribution in [2.24, 2.45) is 11.8 Å². The molecule has 1 saturated carbocycles. The summed E-state index contributed by atoms with van der Waals surface area (Å²) in [6.45, 7) is 5.05. The Balaban J connectivity index is 1.87. The summed E-state index contributed by atoms with van der Waals surface area (Å²) in [6.07, 6.45) is 9.24. The maximum atomic E-state index is 12.1. The summed E-state index contributed by atoms with van der Waals surface area (Å²) >= 11 is 0. The van der Waals surface area contributed by atoms with Crippen molar-refractivity contribution in [3.8, 4) is 0 Å². The first-order valence-corrected chi connectivity index (χ1v) is 6.99. The van der Waals surface area contributed by atoms with Crippen molar-refractivity contribution < 1.29 is 4.79 Å². The van der Waals surface area contributed by atoms with E-state index >= 15 is 0 Å².